The molecule has 0 bridgehead atoms. The minimum absolute atomic E-state index is 0.0190. The summed E-state index contributed by atoms with van der Waals surface area (Å²) in [5.74, 6) is 0.476. The Balaban J connectivity index is 1.08. The molecule has 36 heavy (non-hydrogen) atoms. The fourth-order valence-corrected chi connectivity index (χ4v) is 7.01. The Hall–Kier alpha value is -1.88. The molecule has 4 fully saturated rings. The fourth-order valence-electron chi connectivity index (χ4n) is 7.01. The first kappa shape index (κ1) is 24.5. The summed E-state index contributed by atoms with van der Waals surface area (Å²) >= 11 is 0. The molecule has 7 nitrogen and oxygen atoms in total. The smallest absolute Gasteiger partial charge is 0.416 e. The van der Waals surface area contributed by atoms with Crippen LogP contribution in [0.15, 0.2) is 18.2 Å². The van der Waals surface area contributed by atoms with Crippen LogP contribution in [0.1, 0.15) is 57.1 Å². The predicted octanol–water partition coefficient (Wildman–Crippen LogP) is 3.71. The summed E-state index contributed by atoms with van der Waals surface area (Å²) in [5, 5.41) is 3.55. The van der Waals surface area contributed by atoms with Gasteiger partial charge in [-0.3, -0.25) is 4.79 Å². The lowest BCUT2D eigenvalue weighted by Gasteiger charge is -2.39. The number of hydrogen-bond acceptors (Lipinski definition) is 6. The summed E-state index contributed by atoms with van der Waals surface area (Å²) in [6.07, 6.45) is -0.461. The number of nitrogens with one attached hydrogen (secondary N) is 1. The van der Waals surface area contributed by atoms with Crippen LogP contribution in [0.3, 0.4) is 0 Å². The molecule has 10 heteroatoms. The van der Waals surface area contributed by atoms with E-state index in [0.29, 0.717) is 29.9 Å². The Morgan fingerprint density at radius 2 is 1.89 bits per heavy atom. The van der Waals surface area contributed by atoms with Gasteiger partial charge >= 0.3 is 6.18 Å². The van der Waals surface area contributed by atoms with Crippen LogP contribution in [0.25, 0.3) is 0 Å². The van der Waals surface area contributed by atoms with Crippen molar-refractivity contribution >= 4 is 5.91 Å². The van der Waals surface area contributed by atoms with Crippen molar-refractivity contribution in [3.63, 3.8) is 0 Å². The van der Waals surface area contributed by atoms with Gasteiger partial charge in [-0.15, -0.1) is 0 Å². The summed E-state index contributed by atoms with van der Waals surface area (Å²) < 4.78 is 56.8. The maximum absolute atomic E-state index is 13.7. The summed E-state index contributed by atoms with van der Waals surface area (Å²) in [7, 11) is 0. The topological polar surface area (TPSA) is 63.3 Å². The molecule has 198 valence electrons. The number of ether oxygens (including phenoxy) is 3. The first-order valence-corrected chi connectivity index (χ1v) is 13.1. The van der Waals surface area contributed by atoms with Crippen LogP contribution in [-0.4, -0.2) is 66.2 Å². The van der Waals surface area contributed by atoms with Gasteiger partial charge in [0.25, 0.3) is 0 Å². The van der Waals surface area contributed by atoms with Crippen molar-refractivity contribution in [2.45, 2.75) is 89.6 Å². The van der Waals surface area contributed by atoms with Crippen molar-refractivity contribution in [2.24, 2.45) is 11.3 Å². The second-order valence-corrected chi connectivity index (χ2v) is 11.1. The second kappa shape index (κ2) is 8.85. The predicted molar refractivity (Wildman–Crippen MR) is 124 cm³/mol. The molecule has 1 aromatic rings. The fraction of sp³-hybridized carbons (Fsp3) is 0.731. The number of rotatable bonds is 4. The number of halogens is 3. The molecule has 1 aliphatic carbocycles. The largest absolute Gasteiger partial charge is 0.470 e. The monoisotopic (exact) mass is 509 g/mol. The number of hydrogen-bond donors (Lipinski definition) is 1. The Morgan fingerprint density at radius 3 is 2.58 bits per heavy atom. The Morgan fingerprint density at radius 1 is 1.14 bits per heavy atom. The number of amides is 1. The average Bonchev–Trinajstić information content (AvgIpc) is 3.37. The summed E-state index contributed by atoms with van der Waals surface area (Å²) in [6.45, 7) is 6.81. The third-order valence-electron chi connectivity index (χ3n) is 9.10. The molecule has 0 radical (unpaired) electrons. The molecule has 5 aliphatic rings. The van der Waals surface area contributed by atoms with E-state index in [1.807, 2.05) is 6.92 Å². The Bertz CT molecular complexity index is 1010. The van der Waals surface area contributed by atoms with Crippen LogP contribution >= 0.6 is 0 Å². The lowest BCUT2D eigenvalue weighted by Crippen LogP contribution is -2.51. The van der Waals surface area contributed by atoms with E-state index in [2.05, 4.69) is 17.1 Å². The van der Waals surface area contributed by atoms with Gasteiger partial charge < -0.3 is 29.3 Å². The van der Waals surface area contributed by atoms with Gasteiger partial charge in [0, 0.05) is 30.1 Å². The molecule has 4 heterocycles. The van der Waals surface area contributed by atoms with Crippen molar-refractivity contribution in [3.05, 3.63) is 29.3 Å². The molecule has 6 rings (SSSR count). The quantitative estimate of drug-likeness (QED) is 0.668. The lowest BCUT2D eigenvalue weighted by molar-refractivity contribution is -0.372. The number of fused-ring (bicyclic) bond motifs is 2. The molecular formula is C26H34F3N3O4. The van der Waals surface area contributed by atoms with Crippen LogP contribution < -0.4 is 10.1 Å². The lowest BCUT2D eigenvalue weighted by atomic mass is 9.76. The van der Waals surface area contributed by atoms with E-state index in [4.69, 9.17) is 14.2 Å². The molecule has 1 N–H and O–H groups in total. The zero-order chi connectivity index (χ0) is 25.2. The highest BCUT2D eigenvalue weighted by molar-refractivity contribution is 5.86. The minimum atomic E-state index is -4.42. The molecule has 3 saturated heterocycles. The molecule has 1 saturated carbocycles. The Labute approximate surface area is 209 Å². The van der Waals surface area contributed by atoms with Gasteiger partial charge in [-0.2, -0.15) is 13.2 Å². The van der Waals surface area contributed by atoms with Crippen molar-refractivity contribution < 1.29 is 32.2 Å². The highest BCUT2D eigenvalue weighted by Gasteiger charge is 2.62. The van der Waals surface area contributed by atoms with Gasteiger partial charge in [0.2, 0.25) is 5.91 Å². The second-order valence-electron chi connectivity index (χ2n) is 11.1. The first-order chi connectivity index (χ1) is 17.1. The summed E-state index contributed by atoms with van der Waals surface area (Å²) in [6, 6.07) is 4.36. The van der Waals surface area contributed by atoms with Crippen LogP contribution in [0, 0.1) is 11.3 Å². The van der Waals surface area contributed by atoms with Gasteiger partial charge in [-0.1, -0.05) is 6.92 Å². The van der Waals surface area contributed by atoms with E-state index in [0.717, 1.165) is 57.3 Å². The molecule has 4 atom stereocenters. The average molecular weight is 510 g/mol. The van der Waals surface area contributed by atoms with Gasteiger partial charge in [0.05, 0.1) is 17.5 Å². The van der Waals surface area contributed by atoms with Crippen LogP contribution in [0.2, 0.25) is 0 Å². The number of nitrogens with zero attached hydrogens (tertiary/aromatic N) is 2. The van der Waals surface area contributed by atoms with E-state index in [1.54, 1.807) is 4.90 Å². The first-order valence-electron chi connectivity index (χ1n) is 13.1. The Kier molecular flexibility index (Phi) is 6.02. The normalized spacial score (nSPS) is 37.1. The van der Waals surface area contributed by atoms with E-state index in [-0.39, 0.29) is 30.9 Å². The van der Waals surface area contributed by atoms with E-state index < -0.39 is 23.4 Å². The molecule has 4 aliphatic heterocycles. The molecule has 1 aromatic carbocycles. The third-order valence-corrected chi connectivity index (χ3v) is 9.10. The molecule has 0 aromatic heterocycles. The van der Waals surface area contributed by atoms with Crippen LogP contribution in [0.4, 0.5) is 13.2 Å². The van der Waals surface area contributed by atoms with E-state index in [9.17, 15) is 18.0 Å². The zero-order valence-electron chi connectivity index (χ0n) is 20.7. The molecule has 2 unspecified atom stereocenters. The number of piperidine rings is 1. The number of carbonyl (C=O) groups is 1. The highest BCUT2D eigenvalue weighted by Crippen LogP contribution is 2.55. The van der Waals surface area contributed by atoms with Crippen LogP contribution in [-0.2, 0) is 27.0 Å². The van der Waals surface area contributed by atoms with Crippen LogP contribution in [0.5, 0.6) is 5.75 Å². The summed E-state index contributed by atoms with van der Waals surface area (Å²) in [4.78, 5) is 17.9. The van der Waals surface area contributed by atoms with Gasteiger partial charge in [-0.05, 0) is 70.3 Å². The van der Waals surface area contributed by atoms with Crippen molar-refractivity contribution in [1.82, 2.24) is 15.1 Å². The maximum Gasteiger partial charge on any atom is 0.416 e. The van der Waals surface area contributed by atoms with Crippen molar-refractivity contribution in [2.75, 3.05) is 19.6 Å². The van der Waals surface area contributed by atoms with Gasteiger partial charge in [0.15, 0.2) is 18.8 Å². The summed E-state index contributed by atoms with van der Waals surface area (Å²) in [5.41, 5.74) is -0.789. The van der Waals surface area contributed by atoms with Gasteiger partial charge in [0.1, 0.15) is 5.75 Å². The van der Waals surface area contributed by atoms with Gasteiger partial charge in [-0.25, -0.2) is 0 Å². The number of benzene rings is 1. The SMILES string of the molecule is CC1OC(CNC2CCN([C@@H]3CC[C@@]4(C3)C(=O)N3Cc5cc(C(F)(F)F)ccc5OC3C4C)CC2)O1. The minimum Gasteiger partial charge on any atom is -0.470 e. The molecule has 1 spiro atoms. The maximum atomic E-state index is 13.7. The third kappa shape index (κ3) is 4.10. The van der Waals surface area contributed by atoms with E-state index in [1.165, 1.54) is 6.07 Å². The molecule has 1 amide bonds. The standard InChI is InChI=1S/C26H34F3N3O4/c1-15-23-32(14-17-11-18(26(27,28)29)3-4-21(17)36-23)24(33)25(15)8-5-20(12-25)31-9-6-19(7-10-31)30-13-22-34-16(2)35-22/h3-4,11,15-16,19-20,22-23,30H,5-10,12-14H2,1-2H3/t15?,16?,20-,22?,23?,25+/m1/s1. The molecular weight excluding hydrogens is 475 g/mol. The van der Waals surface area contributed by atoms with Crippen molar-refractivity contribution in [1.29, 1.82) is 0 Å². The highest BCUT2D eigenvalue weighted by atomic mass is 19.4. The number of carbonyl (C=O) groups excluding carboxylic acids is 1. The van der Waals surface area contributed by atoms with Crippen molar-refractivity contribution in [3.8, 4) is 5.75 Å². The van der Waals surface area contributed by atoms with E-state index >= 15 is 0 Å². The number of alkyl halides is 3. The zero-order valence-corrected chi connectivity index (χ0v) is 20.7. The number of likely N-dealkylation sites (tertiary alicyclic amines) is 1.